The Balaban J connectivity index is 2.43. The van der Waals surface area contributed by atoms with Crippen molar-refractivity contribution in [2.24, 2.45) is 0 Å². The van der Waals surface area contributed by atoms with Crippen molar-refractivity contribution in [3.05, 3.63) is 63.6 Å². The fraction of sp³-hybridized carbons (Fsp3) is 0.333. The van der Waals surface area contributed by atoms with Crippen LogP contribution >= 0.6 is 23.2 Å². The number of anilines is 1. The number of hydrogen-bond donors (Lipinski definition) is 1. The predicted octanol–water partition coefficient (Wildman–Crippen LogP) is 3.23. The number of rotatable bonds is 8. The summed E-state index contributed by atoms with van der Waals surface area (Å²) in [6.45, 7) is 2.86. The summed E-state index contributed by atoms with van der Waals surface area (Å²) in [5, 5.41) is 3.39. The van der Waals surface area contributed by atoms with Crippen LogP contribution in [0.5, 0.6) is 0 Å². The van der Waals surface area contributed by atoms with E-state index in [2.05, 4.69) is 5.32 Å². The fourth-order valence-electron chi connectivity index (χ4n) is 3.08. The van der Waals surface area contributed by atoms with E-state index in [1.165, 1.54) is 11.9 Å². The fourth-order valence-corrected chi connectivity index (χ4v) is 4.37. The number of nitrogens with zero attached hydrogens (tertiary/aromatic N) is 2. The lowest BCUT2D eigenvalue weighted by Crippen LogP contribution is -2.50. The molecule has 2 aromatic rings. The van der Waals surface area contributed by atoms with Gasteiger partial charge in [-0.1, -0.05) is 41.4 Å². The average molecular weight is 486 g/mol. The second-order valence-corrected chi connectivity index (χ2v) is 9.85. The van der Waals surface area contributed by atoms with Crippen LogP contribution in [0.2, 0.25) is 10.0 Å². The highest BCUT2D eigenvalue weighted by Gasteiger charge is 2.30. The quantitative estimate of drug-likeness (QED) is 0.621. The first-order chi connectivity index (χ1) is 14.5. The molecule has 2 amide bonds. The van der Waals surface area contributed by atoms with Crippen molar-refractivity contribution in [2.45, 2.75) is 26.4 Å². The monoisotopic (exact) mass is 485 g/mol. The zero-order valence-electron chi connectivity index (χ0n) is 17.7. The van der Waals surface area contributed by atoms with Gasteiger partial charge in [-0.05, 0) is 49.2 Å². The van der Waals surface area contributed by atoms with Crippen LogP contribution < -0.4 is 9.62 Å². The van der Waals surface area contributed by atoms with Gasteiger partial charge in [-0.3, -0.25) is 13.9 Å². The summed E-state index contributed by atoms with van der Waals surface area (Å²) in [4.78, 5) is 26.9. The van der Waals surface area contributed by atoms with E-state index in [-0.39, 0.29) is 12.5 Å². The van der Waals surface area contributed by atoms with Crippen LogP contribution in [0.15, 0.2) is 42.5 Å². The standard InChI is InChI=1S/C21H25Cl2N3O4S/c1-14-18(23)9-6-10-19(14)26(31(4,29)30)13-20(27)25(15(2)21(28)24-3)12-16-7-5-8-17(22)11-16/h5-11,15H,12-13H2,1-4H3,(H,24,28)/t15-/m0/s1. The lowest BCUT2D eigenvalue weighted by atomic mass is 10.1. The van der Waals surface area contributed by atoms with Crippen molar-refractivity contribution >= 4 is 50.7 Å². The van der Waals surface area contributed by atoms with E-state index in [1.54, 1.807) is 56.3 Å². The van der Waals surface area contributed by atoms with Crippen LogP contribution in [0.3, 0.4) is 0 Å². The lowest BCUT2D eigenvalue weighted by Gasteiger charge is -2.31. The third kappa shape index (κ3) is 6.35. The lowest BCUT2D eigenvalue weighted by molar-refractivity contribution is -0.139. The molecule has 2 rings (SSSR count). The summed E-state index contributed by atoms with van der Waals surface area (Å²) >= 11 is 12.2. The van der Waals surface area contributed by atoms with Crippen molar-refractivity contribution < 1.29 is 18.0 Å². The Morgan fingerprint density at radius 3 is 2.35 bits per heavy atom. The maximum Gasteiger partial charge on any atom is 0.244 e. The van der Waals surface area contributed by atoms with Crippen LogP contribution in [0.4, 0.5) is 5.69 Å². The first-order valence-corrected chi connectivity index (χ1v) is 12.0. The van der Waals surface area contributed by atoms with Gasteiger partial charge >= 0.3 is 0 Å². The molecule has 0 spiro atoms. The zero-order chi connectivity index (χ0) is 23.3. The van der Waals surface area contributed by atoms with Gasteiger partial charge in [0.25, 0.3) is 0 Å². The first-order valence-electron chi connectivity index (χ1n) is 9.44. The first kappa shape index (κ1) is 25.0. The van der Waals surface area contributed by atoms with E-state index in [1.807, 2.05) is 0 Å². The molecule has 7 nitrogen and oxygen atoms in total. The van der Waals surface area contributed by atoms with E-state index in [0.29, 0.717) is 26.9 Å². The minimum absolute atomic E-state index is 0.0834. The molecular weight excluding hydrogens is 461 g/mol. The summed E-state index contributed by atoms with van der Waals surface area (Å²) in [6.07, 6.45) is 1.02. The van der Waals surface area contributed by atoms with Gasteiger partial charge in [0.15, 0.2) is 0 Å². The van der Waals surface area contributed by atoms with Crippen LogP contribution in [0, 0.1) is 6.92 Å². The van der Waals surface area contributed by atoms with Gasteiger partial charge in [-0.2, -0.15) is 0 Å². The number of carbonyl (C=O) groups excluding carboxylic acids is 2. The summed E-state index contributed by atoms with van der Waals surface area (Å²) < 4.78 is 26.1. The predicted molar refractivity (Wildman–Crippen MR) is 124 cm³/mol. The molecule has 0 saturated heterocycles. The van der Waals surface area contributed by atoms with Crippen molar-refractivity contribution in [1.82, 2.24) is 10.2 Å². The highest BCUT2D eigenvalue weighted by atomic mass is 35.5. The van der Waals surface area contributed by atoms with Gasteiger partial charge in [-0.15, -0.1) is 0 Å². The second-order valence-electron chi connectivity index (χ2n) is 7.10. The van der Waals surface area contributed by atoms with Crippen molar-refractivity contribution in [3.8, 4) is 0 Å². The molecule has 0 unspecified atom stereocenters. The normalized spacial score (nSPS) is 12.2. The molecule has 0 saturated carbocycles. The Morgan fingerprint density at radius 1 is 1.13 bits per heavy atom. The van der Waals surface area contributed by atoms with Crippen LogP contribution in [-0.2, 0) is 26.2 Å². The van der Waals surface area contributed by atoms with Crippen molar-refractivity contribution in [1.29, 1.82) is 0 Å². The third-order valence-electron chi connectivity index (χ3n) is 4.84. The Morgan fingerprint density at radius 2 is 1.77 bits per heavy atom. The molecule has 1 atom stereocenters. The molecule has 0 aliphatic rings. The molecule has 168 valence electrons. The zero-order valence-corrected chi connectivity index (χ0v) is 20.1. The number of likely N-dealkylation sites (N-methyl/N-ethyl adjacent to an activating group) is 1. The number of amides is 2. The topological polar surface area (TPSA) is 86.8 Å². The molecular formula is C21H25Cl2N3O4S. The molecule has 0 aromatic heterocycles. The molecule has 0 aliphatic heterocycles. The summed E-state index contributed by atoms with van der Waals surface area (Å²) in [7, 11) is -2.34. The van der Waals surface area contributed by atoms with Gasteiger partial charge in [0.2, 0.25) is 21.8 Å². The SMILES string of the molecule is CNC(=O)[C@H](C)N(Cc1cccc(Cl)c1)C(=O)CN(c1cccc(Cl)c1C)S(C)(=O)=O. The molecule has 0 aliphatic carbocycles. The number of sulfonamides is 1. The molecule has 0 bridgehead atoms. The number of nitrogens with one attached hydrogen (secondary N) is 1. The average Bonchev–Trinajstić information content (AvgIpc) is 2.70. The maximum atomic E-state index is 13.3. The Bertz CT molecular complexity index is 1080. The van der Waals surface area contributed by atoms with Crippen LogP contribution in [0.1, 0.15) is 18.1 Å². The molecule has 1 N–H and O–H groups in total. The molecule has 2 aromatic carbocycles. The van der Waals surface area contributed by atoms with Gasteiger partial charge in [0, 0.05) is 23.6 Å². The molecule has 0 fully saturated rings. The van der Waals surface area contributed by atoms with Crippen molar-refractivity contribution in [3.63, 3.8) is 0 Å². The van der Waals surface area contributed by atoms with E-state index in [0.717, 1.165) is 10.6 Å². The van der Waals surface area contributed by atoms with E-state index in [4.69, 9.17) is 23.2 Å². The molecule has 0 heterocycles. The summed E-state index contributed by atoms with van der Waals surface area (Å²) in [6, 6.07) is 10.9. The summed E-state index contributed by atoms with van der Waals surface area (Å²) in [5.41, 5.74) is 1.54. The third-order valence-corrected chi connectivity index (χ3v) is 6.61. The Labute approximate surface area is 193 Å². The minimum Gasteiger partial charge on any atom is -0.357 e. The van der Waals surface area contributed by atoms with E-state index >= 15 is 0 Å². The van der Waals surface area contributed by atoms with Crippen molar-refractivity contribution in [2.75, 3.05) is 24.2 Å². The number of benzene rings is 2. The van der Waals surface area contributed by atoms with Gasteiger partial charge in [0.05, 0.1) is 11.9 Å². The largest absolute Gasteiger partial charge is 0.357 e. The van der Waals surface area contributed by atoms with Gasteiger partial charge in [-0.25, -0.2) is 8.42 Å². The van der Waals surface area contributed by atoms with Gasteiger partial charge in [0.1, 0.15) is 12.6 Å². The molecule has 10 heteroatoms. The van der Waals surface area contributed by atoms with E-state index in [9.17, 15) is 18.0 Å². The highest BCUT2D eigenvalue weighted by molar-refractivity contribution is 7.92. The Hall–Kier alpha value is -2.29. The molecule has 0 radical (unpaired) electrons. The highest BCUT2D eigenvalue weighted by Crippen LogP contribution is 2.28. The minimum atomic E-state index is -3.81. The summed E-state index contributed by atoms with van der Waals surface area (Å²) in [5.74, 6) is -0.916. The number of halogens is 2. The molecule has 31 heavy (non-hydrogen) atoms. The van der Waals surface area contributed by atoms with E-state index < -0.39 is 28.5 Å². The second kappa shape index (κ2) is 10.3. The van der Waals surface area contributed by atoms with Crippen LogP contribution in [0.25, 0.3) is 0 Å². The van der Waals surface area contributed by atoms with Crippen LogP contribution in [-0.4, -0.2) is 51.0 Å². The van der Waals surface area contributed by atoms with Gasteiger partial charge < -0.3 is 10.2 Å². The number of hydrogen-bond acceptors (Lipinski definition) is 4. The Kier molecular flexibility index (Phi) is 8.34. The number of carbonyl (C=O) groups is 2. The smallest absolute Gasteiger partial charge is 0.244 e. The maximum absolute atomic E-state index is 13.3.